The van der Waals surface area contributed by atoms with Crippen LogP contribution in [-0.4, -0.2) is 57.9 Å². The third-order valence-electron chi connectivity index (χ3n) is 4.26. The summed E-state index contributed by atoms with van der Waals surface area (Å²) in [6.07, 6.45) is 4.70. The molecule has 8 nitrogen and oxygen atoms in total. The molecule has 4 heterocycles. The zero-order valence-electron chi connectivity index (χ0n) is 13.9. The molecule has 3 aromatic rings. The van der Waals surface area contributed by atoms with E-state index in [1.54, 1.807) is 52.5 Å². The van der Waals surface area contributed by atoms with Crippen LogP contribution in [0.1, 0.15) is 20.8 Å². The van der Waals surface area contributed by atoms with Gasteiger partial charge in [-0.3, -0.25) is 14.6 Å². The van der Waals surface area contributed by atoms with E-state index in [0.29, 0.717) is 43.3 Å². The van der Waals surface area contributed by atoms with E-state index >= 15 is 0 Å². The molecule has 0 spiro atoms. The number of carbonyl (C=O) groups excluding carboxylic acids is 2. The van der Waals surface area contributed by atoms with Crippen molar-refractivity contribution in [3.8, 4) is 11.5 Å². The van der Waals surface area contributed by atoms with Crippen molar-refractivity contribution in [2.75, 3.05) is 26.2 Å². The Morgan fingerprint density at radius 2 is 1.73 bits per heavy atom. The van der Waals surface area contributed by atoms with Gasteiger partial charge in [0.2, 0.25) is 5.76 Å². The second-order valence-corrected chi connectivity index (χ2v) is 5.88. The molecule has 2 amide bonds. The zero-order chi connectivity index (χ0) is 17.9. The molecular weight excluding hydrogens is 336 g/mol. The first-order valence-corrected chi connectivity index (χ1v) is 8.21. The summed E-state index contributed by atoms with van der Waals surface area (Å²) in [5.74, 6) is 0.624. The van der Waals surface area contributed by atoms with Crippen LogP contribution in [0.4, 0.5) is 0 Å². The topological polar surface area (TPSA) is 92.7 Å². The van der Waals surface area contributed by atoms with Gasteiger partial charge >= 0.3 is 0 Å². The van der Waals surface area contributed by atoms with Gasteiger partial charge in [0.25, 0.3) is 11.8 Å². The number of piperazine rings is 1. The van der Waals surface area contributed by atoms with Crippen molar-refractivity contribution in [1.82, 2.24) is 19.9 Å². The molecule has 1 aliphatic heterocycles. The fourth-order valence-electron chi connectivity index (χ4n) is 2.86. The van der Waals surface area contributed by atoms with Crippen molar-refractivity contribution in [1.29, 1.82) is 0 Å². The van der Waals surface area contributed by atoms with Gasteiger partial charge in [0.1, 0.15) is 0 Å². The number of rotatable bonds is 3. The van der Waals surface area contributed by atoms with Crippen LogP contribution in [0.3, 0.4) is 0 Å². The maximum atomic E-state index is 12.6. The van der Waals surface area contributed by atoms with Crippen LogP contribution in [0.5, 0.6) is 0 Å². The van der Waals surface area contributed by atoms with E-state index in [1.807, 2.05) is 0 Å². The van der Waals surface area contributed by atoms with Crippen molar-refractivity contribution in [3.05, 3.63) is 60.2 Å². The minimum Gasteiger partial charge on any atom is -0.461 e. The summed E-state index contributed by atoms with van der Waals surface area (Å²) in [7, 11) is 0. The van der Waals surface area contributed by atoms with Crippen LogP contribution in [0, 0.1) is 0 Å². The lowest BCUT2D eigenvalue weighted by Gasteiger charge is -2.34. The number of carbonyl (C=O) groups is 2. The van der Waals surface area contributed by atoms with E-state index < -0.39 is 0 Å². The van der Waals surface area contributed by atoms with Gasteiger partial charge in [0.15, 0.2) is 11.5 Å². The van der Waals surface area contributed by atoms with Crippen molar-refractivity contribution in [3.63, 3.8) is 0 Å². The van der Waals surface area contributed by atoms with E-state index in [1.165, 1.54) is 6.26 Å². The van der Waals surface area contributed by atoms with Gasteiger partial charge in [0, 0.05) is 44.6 Å². The fraction of sp³-hybridized carbons (Fsp3) is 0.222. The summed E-state index contributed by atoms with van der Waals surface area (Å²) < 4.78 is 10.4. The van der Waals surface area contributed by atoms with Crippen LogP contribution in [0.25, 0.3) is 11.5 Å². The maximum absolute atomic E-state index is 12.6. The van der Waals surface area contributed by atoms with Gasteiger partial charge in [-0.25, -0.2) is 0 Å². The molecule has 132 valence electrons. The molecule has 0 bridgehead atoms. The van der Waals surface area contributed by atoms with Crippen LogP contribution in [0.2, 0.25) is 0 Å². The lowest BCUT2D eigenvalue weighted by molar-refractivity contribution is 0.0529. The smallest absolute Gasteiger partial charge is 0.276 e. The SMILES string of the molecule is O=C(c1cccnc1)N1CCN(C(=O)c2cc(-c3ccco3)on2)CC1. The molecule has 4 rings (SSSR count). The highest BCUT2D eigenvalue weighted by Gasteiger charge is 2.27. The van der Waals surface area contributed by atoms with Gasteiger partial charge in [-0.15, -0.1) is 0 Å². The van der Waals surface area contributed by atoms with Gasteiger partial charge in [0.05, 0.1) is 11.8 Å². The third kappa shape index (κ3) is 3.08. The summed E-state index contributed by atoms with van der Waals surface area (Å²) in [4.78, 5) is 32.4. The van der Waals surface area contributed by atoms with Crippen molar-refractivity contribution in [2.45, 2.75) is 0 Å². The second kappa shape index (κ2) is 6.83. The standard InChI is InChI=1S/C18H16N4O4/c23-17(13-3-1-5-19-12-13)21-6-8-22(9-7-21)18(24)14-11-16(26-20-14)15-4-2-10-25-15/h1-5,10-12H,6-9H2. The molecule has 1 saturated heterocycles. The van der Waals surface area contributed by atoms with Gasteiger partial charge in [-0.1, -0.05) is 5.16 Å². The summed E-state index contributed by atoms with van der Waals surface area (Å²) >= 11 is 0. The highest BCUT2D eigenvalue weighted by molar-refractivity contribution is 5.95. The first-order valence-electron chi connectivity index (χ1n) is 8.21. The first kappa shape index (κ1) is 16.1. The molecule has 8 heteroatoms. The summed E-state index contributed by atoms with van der Waals surface area (Å²) in [6, 6.07) is 8.50. The average Bonchev–Trinajstić information content (AvgIpc) is 3.39. The Bertz CT molecular complexity index is 896. The Morgan fingerprint density at radius 3 is 2.38 bits per heavy atom. The molecule has 0 aliphatic carbocycles. The lowest BCUT2D eigenvalue weighted by Crippen LogP contribution is -2.50. The predicted molar refractivity (Wildman–Crippen MR) is 90.2 cm³/mol. The Kier molecular flexibility index (Phi) is 4.22. The summed E-state index contributed by atoms with van der Waals surface area (Å²) in [5.41, 5.74) is 0.773. The monoisotopic (exact) mass is 352 g/mol. The van der Waals surface area contributed by atoms with Crippen molar-refractivity contribution in [2.24, 2.45) is 0 Å². The van der Waals surface area contributed by atoms with Crippen molar-refractivity contribution >= 4 is 11.8 Å². The predicted octanol–water partition coefficient (Wildman–Crippen LogP) is 1.93. The third-order valence-corrected chi connectivity index (χ3v) is 4.26. The first-order chi connectivity index (χ1) is 12.7. The average molecular weight is 352 g/mol. The van der Waals surface area contributed by atoms with Crippen molar-refractivity contribution < 1.29 is 18.5 Å². The highest BCUT2D eigenvalue weighted by Crippen LogP contribution is 2.21. The van der Waals surface area contributed by atoms with E-state index in [0.717, 1.165) is 0 Å². The summed E-state index contributed by atoms with van der Waals surface area (Å²) in [6.45, 7) is 1.80. The number of hydrogen-bond acceptors (Lipinski definition) is 6. The van der Waals surface area contributed by atoms with Crippen LogP contribution < -0.4 is 0 Å². The molecule has 0 aromatic carbocycles. The Morgan fingerprint density at radius 1 is 0.962 bits per heavy atom. The van der Waals surface area contributed by atoms with E-state index in [4.69, 9.17) is 8.94 Å². The summed E-state index contributed by atoms with van der Waals surface area (Å²) in [5, 5.41) is 3.83. The fourth-order valence-corrected chi connectivity index (χ4v) is 2.86. The minimum atomic E-state index is -0.222. The Labute approximate surface area is 149 Å². The van der Waals surface area contributed by atoms with E-state index in [2.05, 4.69) is 10.1 Å². The molecular formula is C18H16N4O4. The van der Waals surface area contributed by atoms with E-state index in [-0.39, 0.29) is 17.5 Å². The van der Waals surface area contributed by atoms with E-state index in [9.17, 15) is 9.59 Å². The molecule has 3 aromatic heterocycles. The molecule has 0 saturated carbocycles. The Balaban J connectivity index is 1.39. The number of pyridine rings is 1. The molecule has 26 heavy (non-hydrogen) atoms. The van der Waals surface area contributed by atoms with Crippen LogP contribution >= 0.6 is 0 Å². The number of hydrogen-bond donors (Lipinski definition) is 0. The number of amides is 2. The molecule has 0 N–H and O–H groups in total. The van der Waals surface area contributed by atoms with Gasteiger partial charge in [-0.2, -0.15) is 0 Å². The van der Waals surface area contributed by atoms with Crippen LogP contribution in [0.15, 0.2) is 57.9 Å². The number of nitrogens with zero attached hydrogens (tertiary/aromatic N) is 4. The maximum Gasteiger partial charge on any atom is 0.276 e. The van der Waals surface area contributed by atoms with Crippen LogP contribution in [-0.2, 0) is 0 Å². The normalized spacial score (nSPS) is 14.5. The molecule has 0 unspecified atom stereocenters. The second-order valence-electron chi connectivity index (χ2n) is 5.88. The highest BCUT2D eigenvalue weighted by atomic mass is 16.5. The van der Waals surface area contributed by atoms with Gasteiger partial charge < -0.3 is 18.7 Å². The number of aromatic nitrogens is 2. The minimum absolute atomic E-state index is 0.0771. The molecule has 0 radical (unpaired) electrons. The Hall–Kier alpha value is -3.42. The molecule has 1 fully saturated rings. The molecule has 0 atom stereocenters. The lowest BCUT2D eigenvalue weighted by atomic mass is 10.2. The number of furan rings is 1. The largest absolute Gasteiger partial charge is 0.461 e. The zero-order valence-corrected chi connectivity index (χ0v) is 13.9. The molecule has 1 aliphatic rings. The van der Waals surface area contributed by atoms with Gasteiger partial charge in [-0.05, 0) is 24.3 Å². The quantitative estimate of drug-likeness (QED) is 0.715.